The lowest BCUT2D eigenvalue weighted by Crippen LogP contribution is -2.22. The molecule has 0 spiro atoms. The lowest BCUT2D eigenvalue weighted by molar-refractivity contribution is -0.115. The zero-order valence-corrected chi connectivity index (χ0v) is 18.4. The molecular weight excluding hydrogens is 464 g/mol. The third-order valence-electron chi connectivity index (χ3n) is 4.09. The van der Waals surface area contributed by atoms with Crippen LogP contribution in [0.2, 0.25) is 0 Å². The van der Waals surface area contributed by atoms with Crippen LogP contribution >= 0.6 is 27.7 Å². The molecule has 2 aromatic carbocycles. The van der Waals surface area contributed by atoms with E-state index in [0.717, 1.165) is 9.99 Å². The van der Waals surface area contributed by atoms with Crippen LogP contribution in [0.5, 0.6) is 0 Å². The maximum Gasteiger partial charge on any atom is 0.238 e. The average molecular weight is 483 g/mol. The third kappa shape index (κ3) is 4.57. The van der Waals surface area contributed by atoms with Crippen LogP contribution in [0.25, 0.3) is 11.0 Å². The number of sulfonamides is 1. The number of rotatable bonds is 6. The van der Waals surface area contributed by atoms with Crippen molar-refractivity contribution < 1.29 is 13.2 Å². The van der Waals surface area contributed by atoms with Crippen LogP contribution in [0.4, 0.5) is 5.69 Å². The number of aromatic nitrogens is 2. The van der Waals surface area contributed by atoms with Crippen molar-refractivity contribution in [2.45, 2.75) is 35.7 Å². The van der Waals surface area contributed by atoms with Crippen molar-refractivity contribution in [3.8, 4) is 0 Å². The molecule has 7 nitrogen and oxygen atoms in total. The van der Waals surface area contributed by atoms with E-state index in [0.29, 0.717) is 22.9 Å². The molecule has 0 aliphatic rings. The molecule has 3 N–H and O–H groups in total. The summed E-state index contributed by atoms with van der Waals surface area (Å²) in [5.74, 6) is -0.146. The second kappa shape index (κ2) is 8.24. The Morgan fingerprint density at radius 3 is 2.57 bits per heavy atom. The normalized spacial score (nSPS) is 12.9. The SMILES string of the molecule is CCn1c(SC(C)C(=O)Nc2ccc(Br)cc2)nc2cc(S(N)(=O)=O)ccc21. The van der Waals surface area contributed by atoms with Crippen molar-refractivity contribution in [1.82, 2.24) is 9.55 Å². The van der Waals surface area contributed by atoms with Gasteiger partial charge in [0.25, 0.3) is 0 Å². The average Bonchev–Trinajstić information content (AvgIpc) is 2.98. The number of benzene rings is 2. The van der Waals surface area contributed by atoms with Gasteiger partial charge in [0, 0.05) is 16.7 Å². The first-order valence-electron chi connectivity index (χ1n) is 8.45. The number of carbonyl (C=O) groups is 1. The zero-order valence-electron chi connectivity index (χ0n) is 15.2. The van der Waals surface area contributed by atoms with E-state index in [-0.39, 0.29) is 10.8 Å². The number of carbonyl (C=O) groups excluding carboxylic acids is 1. The highest BCUT2D eigenvalue weighted by Crippen LogP contribution is 2.29. The van der Waals surface area contributed by atoms with Crippen molar-refractivity contribution in [3.05, 3.63) is 46.9 Å². The Morgan fingerprint density at radius 1 is 1.29 bits per heavy atom. The van der Waals surface area contributed by atoms with Crippen LogP contribution in [0.1, 0.15) is 13.8 Å². The summed E-state index contributed by atoms with van der Waals surface area (Å²) in [7, 11) is -3.80. The van der Waals surface area contributed by atoms with Crippen molar-refractivity contribution in [1.29, 1.82) is 0 Å². The lowest BCUT2D eigenvalue weighted by Gasteiger charge is -2.12. The zero-order chi connectivity index (χ0) is 20.5. The van der Waals surface area contributed by atoms with Gasteiger partial charge in [-0.2, -0.15) is 0 Å². The standard InChI is InChI=1S/C18H19BrN4O3S2/c1-3-23-16-9-8-14(28(20,25)26)10-15(16)22-18(23)27-11(2)17(24)21-13-6-4-12(19)5-7-13/h4-11H,3H2,1-2H3,(H,21,24)(H2,20,25,26). The Labute approximate surface area is 175 Å². The smallest absolute Gasteiger partial charge is 0.238 e. The molecule has 3 aromatic rings. The van der Waals surface area contributed by atoms with Gasteiger partial charge in [-0.15, -0.1) is 0 Å². The quantitative estimate of drug-likeness (QED) is 0.522. The van der Waals surface area contributed by atoms with Gasteiger partial charge < -0.3 is 9.88 Å². The first-order valence-corrected chi connectivity index (χ1v) is 11.7. The van der Waals surface area contributed by atoms with Crippen LogP contribution in [-0.4, -0.2) is 29.1 Å². The molecule has 0 fully saturated rings. The van der Waals surface area contributed by atoms with E-state index < -0.39 is 15.3 Å². The molecule has 0 radical (unpaired) electrons. The van der Waals surface area contributed by atoms with E-state index >= 15 is 0 Å². The van der Waals surface area contributed by atoms with Gasteiger partial charge in [0.2, 0.25) is 15.9 Å². The van der Waals surface area contributed by atoms with Gasteiger partial charge in [0.15, 0.2) is 5.16 Å². The number of primary sulfonamides is 1. The largest absolute Gasteiger partial charge is 0.325 e. The monoisotopic (exact) mass is 482 g/mol. The third-order valence-corrected chi connectivity index (χ3v) is 6.62. The summed E-state index contributed by atoms with van der Waals surface area (Å²) in [6, 6.07) is 11.9. The number of nitrogens with two attached hydrogens (primary N) is 1. The fourth-order valence-electron chi connectivity index (χ4n) is 2.65. The fraction of sp³-hybridized carbons (Fsp3) is 0.222. The number of thioether (sulfide) groups is 1. The van der Waals surface area contributed by atoms with Gasteiger partial charge in [0.05, 0.1) is 21.2 Å². The summed E-state index contributed by atoms with van der Waals surface area (Å²) in [4.78, 5) is 17.1. The highest BCUT2D eigenvalue weighted by molar-refractivity contribution is 9.10. The van der Waals surface area contributed by atoms with Gasteiger partial charge in [-0.1, -0.05) is 27.7 Å². The Morgan fingerprint density at radius 2 is 1.96 bits per heavy atom. The number of amides is 1. The first kappa shape index (κ1) is 20.8. The first-order chi connectivity index (χ1) is 13.2. The molecule has 1 heterocycles. The van der Waals surface area contributed by atoms with Crippen molar-refractivity contribution >= 4 is 60.3 Å². The molecule has 3 rings (SSSR count). The number of hydrogen-bond donors (Lipinski definition) is 2. The highest BCUT2D eigenvalue weighted by atomic mass is 79.9. The van der Waals surface area contributed by atoms with Crippen LogP contribution in [0.3, 0.4) is 0 Å². The predicted molar refractivity (Wildman–Crippen MR) is 115 cm³/mol. The number of halogens is 1. The maximum absolute atomic E-state index is 12.5. The number of nitrogens with one attached hydrogen (secondary N) is 1. The predicted octanol–water partition coefficient (Wildman–Crippen LogP) is 3.59. The minimum atomic E-state index is -3.80. The highest BCUT2D eigenvalue weighted by Gasteiger charge is 2.20. The van der Waals surface area contributed by atoms with Crippen LogP contribution in [-0.2, 0) is 21.4 Å². The molecule has 1 atom stereocenters. The van der Waals surface area contributed by atoms with Gasteiger partial charge in [-0.25, -0.2) is 18.5 Å². The summed E-state index contributed by atoms with van der Waals surface area (Å²) in [6.07, 6.45) is 0. The molecule has 1 amide bonds. The van der Waals surface area contributed by atoms with Crippen molar-refractivity contribution in [2.75, 3.05) is 5.32 Å². The Balaban J connectivity index is 1.84. The van der Waals surface area contributed by atoms with E-state index in [9.17, 15) is 13.2 Å². The number of nitrogens with zero attached hydrogens (tertiary/aromatic N) is 2. The molecule has 1 unspecified atom stereocenters. The van der Waals surface area contributed by atoms with Gasteiger partial charge >= 0.3 is 0 Å². The topological polar surface area (TPSA) is 107 Å². The number of anilines is 1. The van der Waals surface area contributed by atoms with Gasteiger partial charge in [-0.3, -0.25) is 4.79 Å². The van der Waals surface area contributed by atoms with E-state index in [4.69, 9.17) is 5.14 Å². The molecule has 148 valence electrons. The van der Waals surface area contributed by atoms with Crippen molar-refractivity contribution in [2.24, 2.45) is 5.14 Å². The maximum atomic E-state index is 12.5. The van der Waals surface area contributed by atoms with E-state index in [1.807, 2.05) is 35.8 Å². The van der Waals surface area contributed by atoms with E-state index in [1.165, 1.54) is 23.9 Å². The summed E-state index contributed by atoms with van der Waals surface area (Å²) in [5.41, 5.74) is 2.02. The number of aryl methyl sites for hydroxylation is 1. The van der Waals surface area contributed by atoms with Crippen molar-refractivity contribution in [3.63, 3.8) is 0 Å². The number of hydrogen-bond acceptors (Lipinski definition) is 5. The minimum Gasteiger partial charge on any atom is -0.325 e. The molecule has 0 aliphatic carbocycles. The van der Waals surface area contributed by atoms with Crippen LogP contribution in [0, 0.1) is 0 Å². The number of fused-ring (bicyclic) bond motifs is 1. The number of imidazole rings is 1. The summed E-state index contributed by atoms with van der Waals surface area (Å²) in [5, 5.41) is 8.32. The summed E-state index contributed by atoms with van der Waals surface area (Å²) >= 11 is 4.68. The molecule has 0 saturated heterocycles. The molecular formula is C18H19BrN4O3S2. The van der Waals surface area contributed by atoms with Gasteiger partial charge in [-0.05, 0) is 56.3 Å². The minimum absolute atomic E-state index is 0.0123. The van der Waals surface area contributed by atoms with Gasteiger partial charge in [0.1, 0.15) is 0 Å². The fourth-order valence-corrected chi connectivity index (χ4v) is 4.43. The van der Waals surface area contributed by atoms with Crippen LogP contribution in [0.15, 0.2) is 57.0 Å². The molecule has 0 bridgehead atoms. The Bertz CT molecular complexity index is 1130. The molecule has 0 aliphatic heterocycles. The lowest BCUT2D eigenvalue weighted by atomic mass is 10.3. The van der Waals surface area contributed by atoms with Crippen LogP contribution < -0.4 is 10.5 Å². The van der Waals surface area contributed by atoms with E-state index in [2.05, 4.69) is 26.2 Å². The molecule has 0 saturated carbocycles. The molecule has 10 heteroatoms. The second-order valence-corrected chi connectivity index (χ2v) is 9.88. The molecule has 28 heavy (non-hydrogen) atoms. The van der Waals surface area contributed by atoms with E-state index in [1.54, 1.807) is 13.0 Å². The Hall–Kier alpha value is -1.88. The Kier molecular flexibility index (Phi) is 6.13. The second-order valence-electron chi connectivity index (χ2n) is 6.09. The summed E-state index contributed by atoms with van der Waals surface area (Å²) < 4.78 is 26.0. The molecule has 1 aromatic heterocycles. The summed E-state index contributed by atoms with van der Waals surface area (Å²) in [6.45, 7) is 4.40.